The molecule has 1 aliphatic heterocycles. The van der Waals surface area contributed by atoms with Gasteiger partial charge in [0, 0.05) is 6.92 Å². The zero-order chi connectivity index (χ0) is 13.9. The number of sulfonamides is 1. The quantitative estimate of drug-likeness (QED) is 0.818. The van der Waals surface area contributed by atoms with Crippen molar-refractivity contribution in [2.45, 2.75) is 32.2 Å². The van der Waals surface area contributed by atoms with Crippen LogP contribution in [0, 0.1) is 6.92 Å². The van der Waals surface area contributed by atoms with E-state index in [0.29, 0.717) is 18.1 Å². The van der Waals surface area contributed by atoms with Gasteiger partial charge in [0.1, 0.15) is 0 Å². The lowest BCUT2D eigenvalue weighted by Crippen LogP contribution is -2.29. The first-order valence-corrected chi connectivity index (χ1v) is 8.12. The Bertz CT molecular complexity index is 514. The lowest BCUT2D eigenvalue weighted by Gasteiger charge is -2.21. The molecule has 0 spiro atoms. The molecule has 1 N–H and O–H groups in total. The maximum atomic E-state index is 11.4. The van der Waals surface area contributed by atoms with Gasteiger partial charge in [0.2, 0.25) is 15.9 Å². The van der Waals surface area contributed by atoms with E-state index in [9.17, 15) is 8.42 Å². The fourth-order valence-electron chi connectivity index (χ4n) is 2.40. The van der Waals surface area contributed by atoms with Gasteiger partial charge < -0.3 is 4.52 Å². The molecule has 2 heterocycles. The molecule has 0 radical (unpaired) electrons. The number of aryl methyl sites for hydroxylation is 1. The molecule has 0 aromatic carbocycles. The zero-order valence-corrected chi connectivity index (χ0v) is 12.1. The van der Waals surface area contributed by atoms with E-state index in [1.54, 1.807) is 6.92 Å². The van der Waals surface area contributed by atoms with Crippen LogP contribution in [0.5, 0.6) is 0 Å². The summed E-state index contributed by atoms with van der Waals surface area (Å²) in [5.41, 5.74) is 0. The third-order valence-corrected chi connectivity index (χ3v) is 4.82. The van der Waals surface area contributed by atoms with Gasteiger partial charge in [-0.1, -0.05) is 5.16 Å². The lowest BCUT2D eigenvalue weighted by atomic mass is 10.2. The van der Waals surface area contributed by atoms with Crippen molar-refractivity contribution < 1.29 is 12.9 Å². The summed E-state index contributed by atoms with van der Waals surface area (Å²) >= 11 is 0. The van der Waals surface area contributed by atoms with Crippen molar-refractivity contribution in [2.24, 2.45) is 0 Å². The highest BCUT2D eigenvalue weighted by atomic mass is 32.2. The maximum absolute atomic E-state index is 11.4. The van der Waals surface area contributed by atoms with E-state index >= 15 is 0 Å². The van der Waals surface area contributed by atoms with Crippen molar-refractivity contribution in [1.29, 1.82) is 0 Å². The van der Waals surface area contributed by atoms with Crippen LogP contribution in [0.2, 0.25) is 0 Å². The molecule has 0 saturated carbocycles. The lowest BCUT2D eigenvalue weighted by molar-refractivity contribution is 0.243. The SMILES string of the molecule is CNS(=O)(=O)CCCN1CCC[C@@H]1c1noc(C)n1. The standard InChI is InChI=1S/C11H20N4O3S/c1-9-13-11(14-18-9)10-5-3-6-15(10)7-4-8-19(16,17)12-2/h10,12H,3-8H2,1-2H3/t10-/m1/s1. The molecule has 108 valence electrons. The number of rotatable bonds is 6. The monoisotopic (exact) mass is 288 g/mol. The van der Waals surface area contributed by atoms with Crippen molar-refractivity contribution in [3.8, 4) is 0 Å². The summed E-state index contributed by atoms with van der Waals surface area (Å²) in [6, 6.07) is 0.162. The molecule has 0 bridgehead atoms. The number of likely N-dealkylation sites (tertiary alicyclic amines) is 1. The molecular weight excluding hydrogens is 268 g/mol. The first-order chi connectivity index (χ1) is 9.02. The molecule has 0 aliphatic carbocycles. The van der Waals surface area contributed by atoms with Gasteiger partial charge in [0.15, 0.2) is 5.82 Å². The average Bonchev–Trinajstić information content (AvgIpc) is 2.97. The van der Waals surface area contributed by atoms with Gasteiger partial charge >= 0.3 is 0 Å². The summed E-state index contributed by atoms with van der Waals surface area (Å²) in [6.45, 7) is 3.46. The molecule has 1 aromatic heterocycles. The predicted molar refractivity (Wildman–Crippen MR) is 70.0 cm³/mol. The second kappa shape index (κ2) is 5.98. The van der Waals surface area contributed by atoms with Gasteiger partial charge in [-0.05, 0) is 39.4 Å². The summed E-state index contributed by atoms with van der Waals surface area (Å²) in [5.74, 6) is 1.43. The van der Waals surface area contributed by atoms with Crippen LogP contribution in [0.1, 0.15) is 37.0 Å². The van der Waals surface area contributed by atoms with Crippen LogP contribution < -0.4 is 4.72 Å². The minimum Gasteiger partial charge on any atom is -0.340 e. The number of nitrogens with zero attached hydrogens (tertiary/aromatic N) is 3. The molecule has 0 amide bonds. The molecule has 0 unspecified atom stereocenters. The molecule has 1 saturated heterocycles. The largest absolute Gasteiger partial charge is 0.340 e. The Hall–Kier alpha value is -0.990. The molecule has 19 heavy (non-hydrogen) atoms. The van der Waals surface area contributed by atoms with E-state index in [1.807, 2.05) is 0 Å². The summed E-state index contributed by atoms with van der Waals surface area (Å²) in [7, 11) is -1.68. The Morgan fingerprint density at radius 2 is 2.32 bits per heavy atom. The van der Waals surface area contributed by atoms with Crippen molar-refractivity contribution in [2.75, 3.05) is 25.9 Å². The van der Waals surface area contributed by atoms with Crippen molar-refractivity contribution in [1.82, 2.24) is 19.8 Å². The van der Waals surface area contributed by atoms with Crippen LogP contribution >= 0.6 is 0 Å². The van der Waals surface area contributed by atoms with Crippen molar-refractivity contribution >= 4 is 10.0 Å². The van der Waals surface area contributed by atoms with Crippen LogP contribution in [-0.4, -0.2) is 49.3 Å². The minimum atomic E-state index is -3.12. The van der Waals surface area contributed by atoms with Gasteiger partial charge in [0.25, 0.3) is 0 Å². The van der Waals surface area contributed by atoms with E-state index in [4.69, 9.17) is 4.52 Å². The highest BCUT2D eigenvalue weighted by Crippen LogP contribution is 2.29. The Balaban J connectivity index is 1.89. The number of hydrogen-bond donors (Lipinski definition) is 1. The number of aromatic nitrogens is 2. The van der Waals surface area contributed by atoms with E-state index in [1.165, 1.54) is 7.05 Å². The van der Waals surface area contributed by atoms with E-state index in [-0.39, 0.29) is 11.8 Å². The van der Waals surface area contributed by atoms with Crippen LogP contribution in [0.3, 0.4) is 0 Å². The Kier molecular flexibility index (Phi) is 4.54. The topological polar surface area (TPSA) is 88.3 Å². The van der Waals surface area contributed by atoms with E-state index in [2.05, 4.69) is 19.8 Å². The average molecular weight is 288 g/mol. The second-order valence-corrected chi connectivity index (χ2v) is 6.79. The Morgan fingerprint density at radius 3 is 2.95 bits per heavy atom. The maximum Gasteiger partial charge on any atom is 0.223 e. The fraction of sp³-hybridized carbons (Fsp3) is 0.818. The molecule has 2 rings (SSSR count). The molecule has 1 aromatic rings. The van der Waals surface area contributed by atoms with Gasteiger partial charge in [-0.25, -0.2) is 13.1 Å². The van der Waals surface area contributed by atoms with Crippen LogP contribution in [0.15, 0.2) is 4.52 Å². The number of hydrogen-bond acceptors (Lipinski definition) is 6. The van der Waals surface area contributed by atoms with E-state index < -0.39 is 10.0 Å². The third-order valence-electron chi connectivity index (χ3n) is 3.37. The molecule has 8 heteroatoms. The highest BCUT2D eigenvalue weighted by Gasteiger charge is 2.29. The van der Waals surface area contributed by atoms with Crippen LogP contribution in [-0.2, 0) is 10.0 Å². The zero-order valence-electron chi connectivity index (χ0n) is 11.3. The van der Waals surface area contributed by atoms with Crippen molar-refractivity contribution in [3.05, 3.63) is 11.7 Å². The van der Waals surface area contributed by atoms with Crippen molar-refractivity contribution in [3.63, 3.8) is 0 Å². The molecule has 7 nitrogen and oxygen atoms in total. The summed E-state index contributed by atoms with van der Waals surface area (Å²) < 4.78 is 30.1. The molecule has 1 fully saturated rings. The Labute approximate surface area is 113 Å². The van der Waals surface area contributed by atoms with Gasteiger partial charge in [-0.2, -0.15) is 4.98 Å². The number of nitrogens with one attached hydrogen (secondary N) is 1. The summed E-state index contributed by atoms with van der Waals surface area (Å²) in [5, 5.41) is 3.96. The van der Waals surface area contributed by atoms with Crippen LogP contribution in [0.4, 0.5) is 0 Å². The second-order valence-electron chi connectivity index (χ2n) is 4.74. The van der Waals surface area contributed by atoms with Crippen LogP contribution in [0.25, 0.3) is 0 Å². The van der Waals surface area contributed by atoms with Gasteiger partial charge in [-0.3, -0.25) is 4.90 Å². The predicted octanol–water partition coefficient (Wildman–Crippen LogP) is 0.454. The van der Waals surface area contributed by atoms with E-state index in [0.717, 1.165) is 25.9 Å². The fourth-order valence-corrected chi connectivity index (χ4v) is 3.11. The summed E-state index contributed by atoms with van der Waals surface area (Å²) in [4.78, 5) is 6.50. The van der Waals surface area contributed by atoms with Gasteiger partial charge in [0.05, 0.1) is 11.8 Å². The first-order valence-electron chi connectivity index (χ1n) is 6.47. The molecular formula is C11H20N4O3S. The first kappa shape index (κ1) is 14.4. The molecule has 1 atom stereocenters. The summed E-state index contributed by atoms with van der Waals surface area (Å²) in [6.07, 6.45) is 2.69. The minimum absolute atomic E-state index is 0.151. The Morgan fingerprint density at radius 1 is 1.53 bits per heavy atom. The highest BCUT2D eigenvalue weighted by molar-refractivity contribution is 7.89. The van der Waals surface area contributed by atoms with Gasteiger partial charge in [-0.15, -0.1) is 0 Å². The normalized spacial score (nSPS) is 21.1. The third kappa shape index (κ3) is 3.74. The smallest absolute Gasteiger partial charge is 0.223 e. The molecule has 1 aliphatic rings.